The third-order valence-corrected chi connectivity index (χ3v) is 5.21. The molecule has 0 spiro atoms. The van der Waals surface area contributed by atoms with Crippen molar-refractivity contribution in [1.29, 1.82) is 0 Å². The molecule has 8 heteroatoms. The van der Waals surface area contributed by atoms with Crippen molar-refractivity contribution >= 4 is 18.3 Å². The fourth-order valence-corrected chi connectivity index (χ4v) is 3.67. The lowest BCUT2D eigenvalue weighted by atomic mass is 9.87. The Kier molecular flexibility index (Phi) is 5.92. The molecule has 7 nitrogen and oxygen atoms in total. The normalized spacial score (nSPS) is 18.9. The number of nitrogens with one attached hydrogen (secondary N) is 2. The van der Waals surface area contributed by atoms with E-state index in [1.54, 1.807) is 10.9 Å². The van der Waals surface area contributed by atoms with Crippen molar-refractivity contribution < 1.29 is 14.3 Å². The van der Waals surface area contributed by atoms with Crippen LogP contribution in [0.25, 0.3) is 0 Å². The van der Waals surface area contributed by atoms with Gasteiger partial charge in [0.1, 0.15) is 18.8 Å². The second-order valence-electron chi connectivity index (χ2n) is 6.83. The number of amides is 1. The zero-order valence-electron chi connectivity index (χ0n) is 15.3. The van der Waals surface area contributed by atoms with E-state index >= 15 is 0 Å². The van der Waals surface area contributed by atoms with E-state index < -0.39 is 5.54 Å². The predicted molar refractivity (Wildman–Crippen MR) is 104 cm³/mol. The summed E-state index contributed by atoms with van der Waals surface area (Å²) < 4.78 is 13.0. The molecule has 0 radical (unpaired) electrons. The molecule has 1 atom stereocenters. The van der Waals surface area contributed by atoms with Crippen LogP contribution in [0.4, 0.5) is 0 Å². The quantitative estimate of drug-likeness (QED) is 0.832. The lowest BCUT2D eigenvalue weighted by Crippen LogP contribution is -2.55. The predicted octanol–water partition coefficient (Wildman–Crippen LogP) is 2.03. The van der Waals surface area contributed by atoms with Gasteiger partial charge in [-0.25, -0.2) is 0 Å². The first-order chi connectivity index (χ1) is 12.7. The summed E-state index contributed by atoms with van der Waals surface area (Å²) in [4.78, 5) is 13.2. The molecule has 2 N–H and O–H groups in total. The van der Waals surface area contributed by atoms with Crippen molar-refractivity contribution in [3.8, 4) is 11.5 Å². The van der Waals surface area contributed by atoms with Crippen LogP contribution in [0.2, 0.25) is 0 Å². The van der Waals surface area contributed by atoms with Crippen LogP contribution in [0.1, 0.15) is 31.4 Å². The zero-order chi connectivity index (χ0) is 18.0. The summed E-state index contributed by atoms with van der Waals surface area (Å²) in [6.07, 6.45) is 5.03. The highest BCUT2D eigenvalue weighted by Crippen LogP contribution is 2.33. The molecule has 1 saturated heterocycles. The van der Waals surface area contributed by atoms with E-state index in [0.29, 0.717) is 26.1 Å². The van der Waals surface area contributed by atoms with Crippen LogP contribution in [-0.2, 0) is 10.3 Å². The van der Waals surface area contributed by atoms with Gasteiger partial charge >= 0.3 is 0 Å². The van der Waals surface area contributed by atoms with Crippen LogP contribution in [0.5, 0.6) is 11.5 Å². The van der Waals surface area contributed by atoms with Gasteiger partial charge in [0, 0.05) is 12.4 Å². The summed E-state index contributed by atoms with van der Waals surface area (Å²) in [6.45, 7) is 4.70. The van der Waals surface area contributed by atoms with Gasteiger partial charge in [0.25, 0.3) is 0 Å². The van der Waals surface area contributed by atoms with Crippen LogP contribution in [0.3, 0.4) is 0 Å². The molecule has 1 aromatic carbocycles. The number of rotatable bonds is 4. The molecule has 1 amide bonds. The van der Waals surface area contributed by atoms with Gasteiger partial charge in [0.05, 0.1) is 6.04 Å². The molecule has 0 bridgehead atoms. The van der Waals surface area contributed by atoms with E-state index in [-0.39, 0.29) is 24.4 Å². The number of carbonyl (C=O) groups is 1. The molecule has 3 heterocycles. The summed E-state index contributed by atoms with van der Waals surface area (Å²) in [7, 11) is 0. The van der Waals surface area contributed by atoms with Gasteiger partial charge in [-0.05, 0) is 56.6 Å². The molecule has 1 fully saturated rings. The number of carbonyl (C=O) groups excluding carboxylic acids is 1. The van der Waals surface area contributed by atoms with Crippen molar-refractivity contribution in [3.05, 3.63) is 42.2 Å². The lowest BCUT2D eigenvalue weighted by molar-refractivity contribution is -0.132. The number of hydrogen-bond donors (Lipinski definition) is 2. The molecule has 0 saturated carbocycles. The molecular weight excluding hydrogens is 368 g/mol. The van der Waals surface area contributed by atoms with Gasteiger partial charge in [-0.3, -0.25) is 9.48 Å². The molecule has 2 aliphatic rings. The Hall–Kier alpha value is -2.25. The van der Waals surface area contributed by atoms with Crippen molar-refractivity contribution in [3.63, 3.8) is 0 Å². The number of ether oxygens (including phenoxy) is 2. The molecular formula is C19H25ClN4O3. The van der Waals surface area contributed by atoms with Gasteiger partial charge in [0.2, 0.25) is 5.91 Å². The number of hydrogen-bond acceptors (Lipinski definition) is 5. The third kappa shape index (κ3) is 3.75. The lowest BCUT2D eigenvalue weighted by Gasteiger charge is -2.37. The van der Waals surface area contributed by atoms with Crippen LogP contribution in [0, 0.1) is 0 Å². The average Bonchev–Trinajstić information content (AvgIpc) is 3.23. The molecule has 1 aromatic heterocycles. The highest BCUT2D eigenvalue weighted by Gasteiger charge is 2.42. The van der Waals surface area contributed by atoms with Crippen LogP contribution in [-0.4, -0.2) is 42.0 Å². The van der Waals surface area contributed by atoms with Gasteiger partial charge < -0.3 is 20.1 Å². The largest absolute Gasteiger partial charge is 0.486 e. The fourth-order valence-electron chi connectivity index (χ4n) is 3.67. The minimum atomic E-state index is -0.642. The minimum Gasteiger partial charge on any atom is -0.486 e. The van der Waals surface area contributed by atoms with E-state index in [1.165, 1.54) is 0 Å². The van der Waals surface area contributed by atoms with Crippen molar-refractivity contribution in [2.75, 3.05) is 26.3 Å². The Balaban J connectivity index is 0.00000210. The fraction of sp³-hybridized carbons (Fsp3) is 0.474. The smallest absolute Gasteiger partial charge is 0.248 e. The Morgan fingerprint density at radius 2 is 2.00 bits per heavy atom. The first kappa shape index (κ1) is 19.5. The number of benzene rings is 1. The molecule has 2 aliphatic heterocycles. The highest BCUT2D eigenvalue weighted by atomic mass is 35.5. The third-order valence-electron chi connectivity index (χ3n) is 5.21. The molecule has 146 valence electrons. The van der Waals surface area contributed by atoms with E-state index in [4.69, 9.17) is 9.47 Å². The standard InChI is InChI=1S/C19H24N4O3.ClH/c1-14(15-3-4-16-17(13-15)26-12-11-25-16)22-18(24)19(5-8-20-9-6-19)23-10-2-7-21-23;/h2-4,7,10,13-14,20H,5-6,8-9,11-12H2,1H3,(H,22,24);1H. The zero-order valence-corrected chi connectivity index (χ0v) is 16.1. The molecule has 4 rings (SSSR count). The second kappa shape index (κ2) is 8.19. The number of nitrogens with zero attached hydrogens (tertiary/aromatic N) is 2. The summed E-state index contributed by atoms with van der Waals surface area (Å²) in [5.41, 5.74) is 0.351. The van der Waals surface area contributed by atoms with Gasteiger partial charge in [-0.1, -0.05) is 6.07 Å². The maximum atomic E-state index is 13.2. The number of fused-ring (bicyclic) bond motifs is 1. The maximum Gasteiger partial charge on any atom is 0.248 e. The highest BCUT2D eigenvalue weighted by molar-refractivity contribution is 5.85. The summed E-state index contributed by atoms with van der Waals surface area (Å²) >= 11 is 0. The van der Waals surface area contributed by atoms with Crippen molar-refractivity contribution in [1.82, 2.24) is 20.4 Å². The first-order valence-corrected chi connectivity index (χ1v) is 9.10. The van der Waals surface area contributed by atoms with E-state index in [1.807, 2.05) is 37.4 Å². The second-order valence-corrected chi connectivity index (χ2v) is 6.83. The average molecular weight is 393 g/mol. The molecule has 0 aliphatic carbocycles. The topological polar surface area (TPSA) is 77.4 Å². The van der Waals surface area contributed by atoms with Crippen molar-refractivity contribution in [2.45, 2.75) is 31.3 Å². The van der Waals surface area contributed by atoms with Crippen molar-refractivity contribution in [2.24, 2.45) is 0 Å². The Morgan fingerprint density at radius 1 is 1.26 bits per heavy atom. The Bertz CT molecular complexity index is 775. The first-order valence-electron chi connectivity index (χ1n) is 9.10. The van der Waals surface area contributed by atoms with E-state index in [2.05, 4.69) is 15.7 Å². The minimum absolute atomic E-state index is 0. The van der Waals surface area contributed by atoms with Gasteiger partial charge in [-0.15, -0.1) is 12.4 Å². The Labute approximate surface area is 164 Å². The van der Waals surface area contributed by atoms with E-state index in [9.17, 15) is 4.79 Å². The van der Waals surface area contributed by atoms with Crippen LogP contribution >= 0.6 is 12.4 Å². The van der Waals surface area contributed by atoms with E-state index in [0.717, 1.165) is 30.2 Å². The van der Waals surface area contributed by atoms with Crippen LogP contribution < -0.4 is 20.1 Å². The van der Waals surface area contributed by atoms with Crippen LogP contribution in [0.15, 0.2) is 36.7 Å². The molecule has 27 heavy (non-hydrogen) atoms. The maximum absolute atomic E-state index is 13.2. The summed E-state index contributed by atoms with van der Waals surface area (Å²) in [6, 6.07) is 7.55. The summed E-state index contributed by atoms with van der Waals surface area (Å²) in [5.74, 6) is 1.49. The molecule has 1 unspecified atom stereocenters. The number of piperidine rings is 1. The number of aromatic nitrogens is 2. The monoisotopic (exact) mass is 392 g/mol. The van der Waals surface area contributed by atoms with Gasteiger partial charge in [-0.2, -0.15) is 5.10 Å². The summed E-state index contributed by atoms with van der Waals surface area (Å²) in [5, 5.41) is 10.9. The Morgan fingerprint density at radius 3 is 2.70 bits per heavy atom. The SMILES string of the molecule is CC(NC(=O)C1(n2cccn2)CCNCC1)c1ccc2c(c1)OCCO2.Cl. The molecule has 2 aromatic rings. The number of halogens is 1. The van der Waals surface area contributed by atoms with Gasteiger partial charge in [0.15, 0.2) is 11.5 Å².